The molecule has 0 rings (SSSR count). The van der Waals surface area contributed by atoms with Crippen molar-refractivity contribution in [2.75, 3.05) is 47.5 Å². The summed E-state index contributed by atoms with van der Waals surface area (Å²) in [7, 11) is 5.96. The standard InChI is InChI=1S/C52H95NO8/c1-6-8-10-12-14-16-18-20-21-22-23-24-25-26-27-28-29-31-33-35-37-39-41-43-50(55)61-48(47-60-52(51(56)57)58-45-44-53(3,4)5)46-59-49(54)42-40-38-36-34-32-30-19-17-15-13-11-9-7-2/h18,20,22-23,25-26,48,52H,6-17,19,21,24,27-47H2,1-5H3/p+1/b20-18-,23-22-,26-25-. The number of ether oxygens (including phenoxy) is 4. The Kier molecular flexibility index (Phi) is 42.3. The van der Waals surface area contributed by atoms with Gasteiger partial charge in [0.1, 0.15) is 13.2 Å². The summed E-state index contributed by atoms with van der Waals surface area (Å²) >= 11 is 0. The van der Waals surface area contributed by atoms with Crippen molar-refractivity contribution >= 4 is 17.9 Å². The summed E-state index contributed by atoms with van der Waals surface area (Å²) < 4.78 is 22.8. The first-order chi connectivity index (χ1) is 29.6. The summed E-state index contributed by atoms with van der Waals surface area (Å²) in [5.74, 6) is -2.01. The molecule has 61 heavy (non-hydrogen) atoms. The normalized spacial score (nSPS) is 13.1. The molecule has 2 unspecified atom stereocenters. The van der Waals surface area contributed by atoms with Crippen LogP contribution < -0.4 is 0 Å². The number of unbranched alkanes of at least 4 members (excludes halogenated alkanes) is 25. The number of carboxylic acid groups (broad SMARTS) is 1. The number of quaternary nitrogens is 1. The molecule has 0 aliphatic heterocycles. The Morgan fingerprint density at radius 2 is 0.885 bits per heavy atom. The summed E-state index contributed by atoms with van der Waals surface area (Å²) in [4.78, 5) is 37.2. The van der Waals surface area contributed by atoms with E-state index in [-0.39, 0.29) is 32.2 Å². The first-order valence-corrected chi connectivity index (χ1v) is 25.2. The molecule has 0 aliphatic rings. The molecule has 0 aromatic heterocycles. The Balaban J connectivity index is 4.33. The summed E-state index contributed by atoms with van der Waals surface area (Å²) in [5, 5.41) is 9.65. The second-order valence-electron chi connectivity index (χ2n) is 18.1. The number of hydrogen-bond donors (Lipinski definition) is 1. The summed E-state index contributed by atoms with van der Waals surface area (Å²) in [5.41, 5.74) is 0. The maximum absolute atomic E-state index is 12.8. The van der Waals surface area contributed by atoms with Gasteiger partial charge >= 0.3 is 17.9 Å². The van der Waals surface area contributed by atoms with Gasteiger partial charge in [0, 0.05) is 12.8 Å². The van der Waals surface area contributed by atoms with Gasteiger partial charge in [0.25, 0.3) is 6.29 Å². The van der Waals surface area contributed by atoms with E-state index in [1.807, 2.05) is 21.1 Å². The van der Waals surface area contributed by atoms with Gasteiger partial charge in [0.15, 0.2) is 6.10 Å². The molecule has 0 heterocycles. The minimum Gasteiger partial charge on any atom is -0.477 e. The lowest BCUT2D eigenvalue weighted by molar-refractivity contribution is -0.870. The largest absolute Gasteiger partial charge is 0.477 e. The van der Waals surface area contributed by atoms with Crippen molar-refractivity contribution in [3.63, 3.8) is 0 Å². The quantitative estimate of drug-likeness (QED) is 0.0212. The third-order valence-corrected chi connectivity index (χ3v) is 10.9. The van der Waals surface area contributed by atoms with Gasteiger partial charge < -0.3 is 28.5 Å². The maximum Gasteiger partial charge on any atom is 0.361 e. The first kappa shape index (κ1) is 58.5. The zero-order chi connectivity index (χ0) is 44.9. The van der Waals surface area contributed by atoms with Crippen LogP contribution in [0.2, 0.25) is 0 Å². The van der Waals surface area contributed by atoms with E-state index in [4.69, 9.17) is 18.9 Å². The Morgan fingerprint density at radius 3 is 1.31 bits per heavy atom. The van der Waals surface area contributed by atoms with Gasteiger partial charge in [0.05, 0.1) is 34.4 Å². The topological polar surface area (TPSA) is 108 Å². The molecule has 356 valence electrons. The highest BCUT2D eigenvalue weighted by Gasteiger charge is 2.25. The number of rotatable bonds is 46. The average molecular weight is 863 g/mol. The molecule has 2 atom stereocenters. The molecule has 0 spiro atoms. The molecule has 0 saturated carbocycles. The van der Waals surface area contributed by atoms with E-state index in [0.29, 0.717) is 23.9 Å². The van der Waals surface area contributed by atoms with Crippen LogP contribution in [0.3, 0.4) is 0 Å². The number of carboxylic acids is 1. The highest BCUT2D eigenvalue weighted by Crippen LogP contribution is 2.15. The predicted octanol–water partition coefficient (Wildman–Crippen LogP) is 13.8. The molecule has 0 amide bonds. The predicted molar refractivity (Wildman–Crippen MR) is 254 cm³/mol. The molecule has 9 heteroatoms. The number of allylic oxidation sites excluding steroid dienone is 6. The number of nitrogens with zero attached hydrogens (tertiary/aromatic N) is 1. The molecular formula is C52H96NO8+. The minimum atomic E-state index is -1.51. The average Bonchev–Trinajstić information content (AvgIpc) is 3.22. The van der Waals surface area contributed by atoms with Crippen LogP contribution in [0.15, 0.2) is 36.5 Å². The van der Waals surface area contributed by atoms with Crippen molar-refractivity contribution in [3.8, 4) is 0 Å². The monoisotopic (exact) mass is 863 g/mol. The third kappa shape index (κ3) is 45.4. The zero-order valence-corrected chi connectivity index (χ0v) is 40.3. The molecule has 0 aliphatic carbocycles. The van der Waals surface area contributed by atoms with Crippen LogP contribution in [0.25, 0.3) is 0 Å². The zero-order valence-electron chi connectivity index (χ0n) is 40.3. The number of hydrogen-bond acceptors (Lipinski definition) is 7. The molecule has 0 radical (unpaired) electrons. The number of carbonyl (C=O) groups is 3. The fourth-order valence-electron chi connectivity index (χ4n) is 6.96. The fourth-order valence-corrected chi connectivity index (χ4v) is 6.96. The Bertz CT molecular complexity index is 1100. The van der Waals surface area contributed by atoms with Crippen LogP contribution in [0.5, 0.6) is 0 Å². The molecule has 0 bridgehead atoms. The smallest absolute Gasteiger partial charge is 0.361 e. The highest BCUT2D eigenvalue weighted by molar-refractivity contribution is 5.71. The SMILES string of the molecule is CCCCCCC/C=C\C/C=C\C/C=C\CCCCCCCCCCC(=O)OC(COC(=O)CCCCCCCCCCCCCCC)COC(OCC[N+](C)(C)C)C(=O)O. The van der Waals surface area contributed by atoms with Crippen LogP contribution in [-0.4, -0.2) is 87.4 Å². The Morgan fingerprint density at radius 1 is 0.492 bits per heavy atom. The lowest BCUT2D eigenvalue weighted by Gasteiger charge is -2.25. The van der Waals surface area contributed by atoms with E-state index in [1.165, 1.54) is 128 Å². The molecule has 9 nitrogen and oxygen atoms in total. The summed E-state index contributed by atoms with van der Waals surface area (Å²) in [6.07, 6.45) is 47.7. The van der Waals surface area contributed by atoms with Crippen LogP contribution in [-0.2, 0) is 33.3 Å². The van der Waals surface area contributed by atoms with Gasteiger partial charge in [-0.15, -0.1) is 0 Å². The molecule has 1 N–H and O–H groups in total. The van der Waals surface area contributed by atoms with Crippen molar-refractivity contribution in [2.45, 2.75) is 232 Å². The van der Waals surface area contributed by atoms with Crippen LogP contribution in [0, 0.1) is 0 Å². The van der Waals surface area contributed by atoms with Crippen molar-refractivity contribution in [3.05, 3.63) is 36.5 Å². The number of carbonyl (C=O) groups excluding carboxylic acids is 2. The van der Waals surface area contributed by atoms with Crippen molar-refractivity contribution in [2.24, 2.45) is 0 Å². The van der Waals surface area contributed by atoms with E-state index < -0.39 is 24.3 Å². The van der Waals surface area contributed by atoms with Crippen LogP contribution in [0.1, 0.15) is 219 Å². The second kappa shape index (κ2) is 44.1. The van der Waals surface area contributed by atoms with Crippen LogP contribution in [0.4, 0.5) is 0 Å². The summed E-state index contributed by atoms with van der Waals surface area (Å²) in [6.45, 7) is 4.86. The third-order valence-electron chi connectivity index (χ3n) is 10.9. The molecule has 0 fully saturated rings. The van der Waals surface area contributed by atoms with Gasteiger partial charge in [-0.3, -0.25) is 9.59 Å². The maximum atomic E-state index is 12.8. The van der Waals surface area contributed by atoms with Crippen molar-refractivity contribution in [1.29, 1.82) is 0 Å². The number of likely N-dealkylation sites (N-methyl/N-ethyl adjacent to an activating group) is 1. The van der Waals surface area contributed by atoms with Crippen molar-refractivity contribution in [1.82, 2.24) is 0 Å². The summed E-state index contributed by atoms with van der Waals surface area (Å²) in [6, 6.07) is 0. The molecule has 0 aromatic rings. The molecule has 0 saturated heterocycles. The van der Waals surface area contributed by atoms with Gasteiger partial charge in [0.2, 0.25) is 0 Å². The van der Waals surface area contributed by atoms with Gasteiger partial charge in [-0.05, 0) is 51.4 Å². The van der Waals surface area contributed by atoms with Crippen LogP contribution >= 0.6 is 0 Å². The highest BCUT2D eigenvalue weighted by atomic mass is 16.7. The van der Waals surface area contributed by atoms with E-state index >= 15 is 0 Å². The van der Waals surface area contributed by atoms with E-state index in [1.54, 1.807) is 0 Å². The number of esters is 2. The van der Waals surface area contributed by atoms with Gasteiger partial charge in [-0.2, -0.15) is 0 Å². The Labute approximate surface area is 375 Å². The lowest BCUT2D eigenvalue weighted by Crippen LogP contribution is -2.40. The van der Waals surface area contributed by atoms with E-state index in [9.17, 15) is 19.5 Å². The van der Waals surface area contributed by atoms with E-state index in [0.717, 1.165) is 57.8 Å². The van der Waals surface area contributed by atoms with Gasteiger partial charge in [-0.1, -0.05) is 192 Å². The number of aliphatic carboxylic acids is 1. The second-order valence-corrected chi connectivity index (χ2v) is 18.1. The minimum absolute atomic E-state index is 0.182. The fraction of sp³-hybridized carbons (Fsp3) is 0.827. The van der Waals surface area contributed by atoms with Gasteiger partial charge in [-0.25, -0.2) is 4.79 Å². The van der Waals surface area contributed by atoms with E-state index in [2.05, 4.69) is 50.3 Å². The van der Waals surface area contributed by atoms with Crippen molar-refractivity contribution < 1.29 is 42.9 Å². The lowest BCUT2D eigenvalue weighted by atomic mass is 10.0. The molecule has 0 aromatic carbocycles. The Hall–Kier alpha value is -2.49. The molecular weight excluding hydrogens is 767 g/mol. The first-order valence-electron chi connectivity index (χ1n) is 25.2.